The van der Waals surface area contributed by atoms with E-state index in [-0.39, 0.29) is 17.7 Å². The van der Waals surface area contributed by atoms with Gasteiger partial charge in [0.15, 0.2) is 5.65 Å². The highest BCUT2D eigenvalue weighted by molar-refractivity contribution is 5.99. The van der Waals surface area contributed by atoms with Crippen molar-refractivity contribution in [3.63, 3.8) is 0 Å². The summed E-state index contributed by atoms with van der Waals surface area (Å²) in [5, 5.41) is 7.25. The van der Waals surface area contributed by atoms with Crippen LogP contribution < -0.4 is 5.32 Å². The van der Waals surface area contributed by atoms with Crippen molar-refractivity contribution in [3.05, 3.63) is 59.3 Å². The number of likely N-dealkylation sites (tertiary alicyclic amines) is 1. The Kier molecular flexibility index (Phi) is 5.13. The molecule has 2 amide bonds. The van der Waals surface area contributed by atoms with Crippen molar-refractivity contribution in [1.82, 2.24) is 29.8 Å². The van der Waals surface area contributed by atoms with Gasteiger partial charge in [-0.2, -0.15) is 5.10 Å². The smallest absolute Gasteiger partial charge is 0.259 e. The number of fused-ring (bicyclic) bond motifs is 1. The molecule has 1 unspecified atom stereocenters. The van der Waals surface area contributed by atoms with Crippen molar-refractivity contribution >= 4 is 17.5 Å². The zero-order valence-electron chi connectivity index (χ0n) is 17.6. The highest BCUT2D eigenvalue weighted by Gasteiger charge is 2.28. The number of hydrogen-bond donors (Lipinski definition) is 1. The highest BCUT2D eigenvalue weighted by Crippen LogP contribution is 2.28. The summed E-state index contributed by atoms with van der Waals surface area (Å²) >= 11 is 0. The topological polar surface area (TPSA) is 92.5 Å². The molecule has 31 heavy (non-hydrogen) atoms. The Labute approximate surface area is 180 Å². The molecule has 0 radical (unpaired) electrons. The number of hydrogen-bond acceptors (Lipinski definition) is 5. The Morgan fingerprint density at radius 2 is 2.00 bits per heavy atom. The van der Waals surface area contributed by atoms with E-state index in [0.717, 1.165) is 30.6 Å². The molecule has 0 bridgehead atoms. The van der Waals surface area contributed by atoms with E-state index in [2.05, 4.69) is 20.4 Å². The maximum atomic E-state index is 13.2. The zero-order valence-corrected chi connectivity index (χ0v) is 17.6. The molecule has 1 aliphatic carbocycles. The number of piperidine rings is 1. The first-order valence-electron chi connectivity index (χ1n) is 10.9. The predicted octanol–water partition coefficient (Wildman–Crippen LogP) is 2.59. The number of rotatable bonds is 5. The van der Waals surface area contributed by atoms with Gasteiger partial charge in [-0.1, -0.05) is 0 Å². The fourth-order valence-corrected chi connectivity index (χ4v) is 4.13. The van der Waals surface area contributed by atoms with Crippen LogP contribution >= 0.6 is 0 Å². The molecule has 1 atom stereocenters. The summed E-state index contributed by atoms with van der Waals surface area (Å²) in [6.07, 6.45) is 11.2. The van der Waals surface area contributed by atoms with E-state index < -0.39 is 0 Å². The first-order chi connectivity index (χ1) is 15.1. The molecule has 3 aromatic rings. The van der Waals surface area contributed by atoms with Crippen LogP contribution in [0.25, 0.3) is 5.65 Å². The molecule has 3 aromatic heterocycles. The lowest BCUT2D eigenvalue weighted by molar-refractivity contribution is 0.0707. The number of nitrogens with zero attached hydrogens (tertiary/aromatic N) is 5. The summed E-state index contributed by atoms with van der Waals surface area (Å²) in [4.78, 5) is 36.2. The van der Waals surface area contributed by atoms with E-state index in [1.54, 1.807) is 23.1 Å². The van der Waals surface area contributed by atoms with Crippen molar-refractivity contribution in [2.75, 3.05) is 19.6 Å². The van der Waals surface area contributed by atoms with Gasteiger partial charge in [-0.05, 0) is 56.2 Å². The predicted molar refractivity (Wildman–Crippen MR) is 115 cm³/mol. The molecule has 2 fully saturated rings. The van der Waals surface area contributed by atoms with Gasteiger partial charge >= 0.3 is 0 Å². The zero-order chi connectivity index (χ0) is 21.4. The molecule has 1 aliphatic heterocycles. The molecule has 8 nitrogen and oxygen atoms in total. The van der Waals surface area contributed by atoms with Gasteiger partial charge in [0.1, 0.15) is 5.56 Å². The molecule has 2 aliphatic rings. The number of carbonyl (C=O) groups excluding carboxylic acids is 2. The largest absolute Gasteiger partial charge is 0.352 e. The summed E-state index contributed by atoms with van der Waals surface area (Å²) in [5.41, 5.74) is 3.60. The summed E-state index contributed by atoms with van der Waals surface area (Å²) < 4.78 is 1.65. The fourth-order valence-electron chi connectivity index (χ4n) is 4.13. The van der Waals surface area contributed by atoms with Gasteiger partial charge in [0, 0.05) is 49.8 Å². The van der Waals surface area contributed by atoms with E-state index in [0.29, 0.717) is 35.8 Å². The maximum absolute atomic E-state index is 13.2. The number of aryl methyl sites for hydroxylation is 1. The van der Waals surface area contributed by atoms with Crippen LogP contribution in [0.5, 0.6) is 0 Å². The van der Waals surface area contributed by atoms with Crippen LogP contribution in [-0.2, 0) is 0 Å². The van der Waals surface area contributed by atoms with Gasteiger partial charge in [0.2, 0.25) is 0 Å². The van der Waals surface area contributed by atoms with Gasteiger partial charge in [-0.15, -0.1) is 0 Å². The molecule has 1 saturated heterocycles. The second kappa shape index (κ2) is 8.09. The Balaban J connectivity index is 1.27. The molecular weight excluding hydrogens is 392 g/mol. The third-order valence-electron chi connectivity index (χ3n) is 6.14. The van der Waals surface area contributed by atoms with Gasteiger partial charge in [-0.25, -0.2) is 9.50 Å². The van der Waals surface area contributed by atoms with Crippen LogP contribution in [-0.4, -0.2) is 55.9 Å². The highest BCUT2D eigenvalue weighted by atomic mass is 16.2. The van der Waals surface area contributed by atoms with Crippen molar-refractivity contribution in [2.45, 2.75) is 38.5 Å². The van der Waals surface area contributed by atoms with Gasteiger partial charge in [0.25, 0.3) is 11.8 Å². The SMILES string of the molecule is Cc1cnc2c(C(=O)N3CCCC(c4ccc(C(=O)NCC5CC5)cn4)C3)cnn2c1. The fraction of sp³-hybridized carbons (Fsp3) is 0.435. The van der Waals surface area contributed by atoms with Crippen LogP contribution in [0, 0.1) is 12.8 Å². The molecular formula is C23H26N6O2. The minimum atomic E-state index is -0.0674. The molecule has 5 rings (SSSR count). The maximum Gasteiger partial charge on any atom is 0.259 e. The van der Waals surface area contributed by atoms with Crippen molar-refractivity contribution < 1.29 is 9.59 Å². The van der Waals surface area contributed by atoms with E-state index >= 15 is 0 Å². The second-order valence-electron chi connectivity index (χ2n) is 8.67. The monoisotopic (exact) mass is 418 g/mol. The normalized spacial score (nSPS) is 18.9. The van der Waals surface area contributed by atoms with Crippen LogP contribution in [0.2, 0.25) is 0 Å². The van der Waals surface area contributed by atoms with Crippen molar-refractivity contribution in [3.8, 4) is 0 Å². The Hall–Kier alpha value is -3.29. The van der Waals surface area contributed by atoms with Gasteiger partial charge in [0.05, 0.1) is 11.8 Å². The lowest BCUT2D eigenvalue weighted by Gasteiger charge is -2.32. The number of amides is 2. The molecule has 1 saturated carbocycles. The minimum Gasteiger partial charge on any atom is -0.352 e. The van der Waals surface area contributed by atoms with Crippen molar-refractivity contribution in [1.29, 1.82) is 0 Å². The van der Waals surface area contributed by atoms with Crippen LogP contribution in [0.3, 0.4) is 0 Å². The second-order valence-corrected chi connectivity index (χ2v) is 8.67. The summed E-state index contributed by atoms with van der Waals surface area (Å²) in [6, 6.07) is 3.76. The van der Waals surface area contributed by atoms with E-state index in [9.17, 15) is 9.59 Å². The van der Waals surface area contributed by atoms with Crippen LogP contribution in [0.1, 0.15) is 63.6 Å². The number of aromatic nitrogens is 4. The molecule has 8 heteroatoms. The summed E-state index contributed by atoms with van der Waals surface area (Å²) in [5.74, 6) is 0.682. The quantitative estimate of drug-likeness (QED) is 0.688. The first kappa shape index (κ1) is 19.7. The van der Waals surface area contributed by atoms with E-state index in [1.165, 1.54) is 12.8 Å². The Bertz CT molecular complexity index is 1120. The lowest BCUT2D eigenvalue weighted by atomic mass is 9.93. The molecule has 1 N–H and O–H groups in total. The van der Waals surface area contributed by atoms with Gasteiger partial charge in [-0.3, -0.25) is 14.6 Å². The average molecular weight is 419 g/mol. The third kappa shape index (κ3) is 4.15. The lowest BCUT2D eigenvalue weighted by Crippen LogP contribution is -2.39. The van der Waals surface area contributed by atoms with Gasteiger partial charge < -0.3 is 10.2 Å². The number of nitrogens with one attached hydrogen (secondary N) is 1. The summed E-state index contributed by atoms with van der Waals surface area (Å²) in [7, 11) is 0. The van der Waals surface area contributed by atoms with Crippen molar-refractivity contribution in [2.24, 2.45) is 5.92 Å². The molecule has 0 aromatic carbocycles. The Morgan fingerprint density at radius 1 is 1.13 bits per heavy atom. The Morgan fingerprint density at radius 3 is 2.77 bits per heavy atom. The summed E-state index contributed by atoms with van der Waals surface area (Å²) in [6.45, 7) is 4.00. The van der Waals surface area contributed by atoms with E-state index in [1.807, 2.05) is 30.2 Å². The minimum absolute atomic E-state index is 0.0490. The molecule has 4 heterocycles. The first-order valence-corrected chi connectivity index (χ1v) is 10.9. The molecule has 0 spiro atoms. The molecule has 160 valence electrons. The van der Waals surface area contributed by atoms with Crippen LogP contribution in [0.15, 0.2) is 36.9 Å². The average Bonchev–Trinajstić information content (AvgIpc) is 3.55. The van der Waals surface area contributed by atoms with E-state index in [4.69, 9.17) is 0 Å². The standard InChI is InChI=1S/C23H26N6O2/c1-15-9-25-21-19(12-27-29(21)13-15)23(31)28-8-2-3-18(14-28)20-7-6-17(11-24-20)22(30)26-10-16-4-5-16/h6-7,9,11-13,16,18H,2-5,8,10,14H2,1H3,(H,26,30). The third-order valence-corrected chi connectivity index (χ3v) is 6.14. The number of carbonyl (C=O) groups is 2. The van der Waals surface area contributed by atoms with Crippen LogP contribution in [0.4, 0.5) is 0 Å². The number of pyridine rings is 1.